The number of hydrogen-bond acceptors (Lipinski definition) is 3. The SMILES string of the molecule is CC(/C=C/C=C/c1ccccc1)=N/NC(=O)CNc1cccc(C)c1. The molecule has 0 bridgehead atoms. The number of benzene rings is 2. The van der Waals surface area contributed by atoms with E-state index in [-0.39, 0.29) is 12.5 Å². The van der Waals surface area contributed by atoms with Gasteiger partial charge in [-0.15, -0.1) is 0 Å². The van der Waals surface area contributed by atoms with Gasteiger partial charge in [-0.3, -0.25) is 4.79 Å². The van der Waals surface area contributed by atoms with Gasteiger partial charge in [0.05, 0.1) is 12.3 Å². The van der Waals surface area contributed by atoms with E-state index in [9.17, 15) is 4.79 Å². The molecule has 2 aromatic carbocycles. The monoisotopic (exact) mass is 333 g/mol. The van der Waals surface area contributed by atoms with Gasteiger partial charge < -0.3 is 5.32 Å². The van der Waals surface area contributed by atoms with Crippen LogP contribution in [0.15, 0.2) is 77.9 Å². The smallest absolute Gasteiger partial charge is 0.259 e. The second-order valence-corrected chi connectivity index (χ2v) is 5.64. The maximum absolute atomic E-state index is 11.8. The summed E-state index contributed by atoms with van der Waals surface area (Å²) < 4.78 is 0. The number of hydrazone groups is 1. The van der Waals surface area contributed by atoms with E-state index >= 15 is 0 Å². The van der Waals surface area contributed by atoms with E-state index in [2.05, 4.69) is 15.8 Å². The number of anilines is 1. The van der Waals surface area contributed by atoms with Crippen molar-refractivity contribution in [2.45, 2.75) is 13.8 Å². The third kappa shape index (κ3) is 7.31. The highest BCUT2D eigenvalue weighted by Gasteiger charge is 1.99. The minimum absolute atomic E-state index is 0.178. The van der Waals surface area contributed by atoms with Crippen LogP contribution in [0.5, 0.6) is 0 Å². The fraction of sp³-hybridized carbons (Fsp3) is 0.143. The molecule has 0 fully saturated rings. The third-order valence-corrected chi connectivity index (χ3v) is 3.36. The van der Waals surface area contributed by atoms with Gasteiger partial charge in [0, 0.05) is 5.69 Å². The maximum Gasteiger partial charge on any atom is 0.259 e. The van der Waals surface area contributed by atoms with Crippen LogP contribution in [0.25, 0.3) is 6.08 Å². The van der Waals surface area contributed by atoms with Crippen LogP contribution < -0.4 is 10.7 Å². The number of aryl methyl sites for hydroxylation is 1. The van der Waals surface area contributed by atoms with E-state index in [0.717, 1.165) is 22.5 Å². The van der Waals surface area contributed by atoms with Gasteiger partial charge in [-0.1, -0.05) is 60.7 Å². The normalized spacial score (nSPS) is 11.8. The minimum Gasteiger partial charge on any atom is -0.376 e. The van der Waals surface area contributed by atoms with Gasteiger partial charge >= 0.3 is 0 Å². The predicted molar refractivity (Wildman–Crippen MR) is 106 cm³/mol. The van der Waals surface area contributed by atoms with E-state index in [1.165, 1.54) is 0 Å². The van der Waals surface area contributed by atoms with Gasteiger partial charge in [0.15, 0.2) is 0 Å². The van der Waals surface area contributed by atoms with Crippen LogP contribution >= 0.6 is 0 Å². The predicted octanol–water partition coefficient (Wildman–Crippen LogP) is 4.17. The first-order valence-electron chi connectivity index (χ1n) is 8.17. The summed E-state index contributed by atoms with van der Waals surface area (Å²) in [5.41, 5.74) is 6.46. The summed E-state index contributed by atoms with van der Waals surface area (Å²) in [5.74, 6) is -0.186. The standard InChI is InChI=1S/C21H23N3O/c1-17-9-8-14-20(15-17)22-16-21(25)24-23-18(2)10-6-7-13-19-11-4-3-5-12-19/h3-15,22H,16H2,1-2H3,(H,24,25)/b10-6+,13-7+,23-18-. The van der Waals surface area contributed by atoms with Crippen LogP contribution in [0.4, 0.5) is 5.69 Å². The van der Waals surface area contributed by atoms with Gasteiger partial charge in [0.1, 0.15) is 0 Å². The van der Waals surface area contributed by atoms with Crippen molar-refractivity contribution >= 4 is 23.4 Å². The van der Waals surface area contributed by atoms with Gasteiger partial charge in [-0.25, -0.2) is 5.43 Å². The molecule has 0 heterocycles. The number of nitrogens with one attached hydrogen (secondary N) is 2. The summed E-state index contributed by atoms with van der Waals surface area (Å²) in [6.45, 7) is 4.02. The first-order valence-corrected chi connectivity index (χ1v) is 8.17. The van der Waals surface area contributed by atoms with E-state index in [0.29, 0.717) is 0 Å². The fourth-order valence-electron chi connectivity index (χ4n) is 2.09. The number of carbonyl (C=O) groups excluding carboxylic acids is 1. The van der Waals surface area contributed by atoms with Gasteiger partial charge in [-0.2, -0.15) is 5.10 Å². The Kier molecular flexibility index (Phi) is 7.19. The summed E-state index contributed by atoms with van der Waals surface area (Å²) in [7, 11) is 0. The summed E-state index contributed by atoms with van der Waals surface area (Å²) in [4.78, 5) is 11.8. The maximum atomic E-state index is 11.8. The Bertz CT molecular complexity index is 777. The molecule has 25 heavy (non-hydrogen) atoms. The average molecular weight is 333 g/mol. The molecular formula is C21H23N3O. The van der Waals surface area contributed by atoms with E-state index in [1.807, 2.05) is 92.7 Å². The van der Waals surface area contributed by atoms with Crippen molar-refractivity contribution in [3.05, 3.63) is 84.0 Å². The van der Waals surface area contributed by atoms with E-state index in [4.69, 9.17) is 0 Å². The molecule has 0 radical (unpaired) electrons. The molecule has 4 heteroatoms. The van der Waals surface area contributed by atoms with Crippen molar-refractivity contribution in [2.75, 3.05) is 11.9 Å². The highest BCUT2D eigenvalue weighted by Crippen LogP contribution is 2.08. The molecule has 0 unspecified atom stereocenters. The second-order valence-electron chi connectivity index (χ2n) is 5.64. The quantitative estimate of drug-likeness (QED) is 0.454. The number of amides is 1. The molecule has 0 spiro atoms. The molecule has 0 aliphatic rings. The molecular weight excluding hydrogens is 310 g/mol. The fourth-order valence-corrected chi connectivity index (χ4v) is 2.09. The first kappa shape index (κ1) is 18.2. The lowest BCUT2D eigenvalue weighted by Gasteiger charge is -2.06. The number of allylic oxidation sites excluding steroid dienone is 3. The van der Waals surface area contributed by atoms with Crippen LogP contribution in [-0.4, -0.2) is 18.2 Å². The zero-order chi connectivity index (χ0) is 17.9. The van der Waals surface area contributed by atoms with Crippen molar-refractivity contribution in [1.82, 2.24) is 5.43 Å². The molecule has 0 atom stereocenters. The van der Waals surface area contributed by atoms with Crippen molar-refractivity contribution in [3.63, 3.8) is 0 Å². The Labute approximate surface area is 149 Å². The van der Waals surface area contributed by atoms with Crippen molar-refractivity contribution in [3.8, 4) is 0 Å². The van der Waals surface area contributed by atoms with Gasteiger partial charge in [0.2, 0.25) is 0 Å². The lowest BCUT2D eigenvalue weighted by molar-refractivity contribution is -0.119. The number of nitrogens with zero attached hydrogens (tertiary/aromatic N) is 1. The van der Waals surface area contributed by atoms with Crippen LogP contribution in [0.2, 0.25) is 0 Å². The molecule has 128 valence electrons. The van der Waals surface area contributed by atoms with Gasteiger partial charge in [-0.05, 0) is 43.2 Å². The zero-order valence-corrected chi connectivity index (χ0v) is 14.6. The summed E-state index contributed by atoms with van der Waals surface area (Å²) in [6.07, 6.45) is 7.68. The Morgan fingerprint density at radius 2 is 1.88 bits per heavy atom. The molecule has 0 saturated carbocycles. The van der Waals surface area contributed by atoms with Crippen molar-refractivity contribution in [2.24, 2.45) is 5.10 Å². The topological polar surface area (TPSA) is 53.5 Å². The van der Waals surface area contributed by atoms with Crippen LogP contribution in [0.1, 0.15) is 18.1 Å². The summed E-state index contributed by atoms with van der Waals surface area (Å²) in [5, 5.41) is 7.12. The Balaban J connectivity index is 1.75. The van der Waals surface area contributed by atoms with E-state index < -0.39 is 0 Å². The average Bonchev–Trinajstić information content (AvgIpc) is 2.63. The molecule has 2 aromatic rings. The first-order chi connectivity index (χ1) is 12.1. The molecule has 0 saturated heterocycles. The van der Waals surface area contributed by atoms with Crippen LogP contribution in [0, 0.1) is 6.92 Å². The van der Waals surface area contributed by atoms with Crippen molar-refractivity contribution in [1.29, 1.82) is 0 Å². The molecule has 0 aromatic heterocycles. The highest BCUT2D eigenvalue weighted by molar-refractivity contribution is 5.94. The molecule has 0 aliphatic heterocycles. The molecule has 0 aliphatic carbocycles. The van der Waals surface area contributed by atoms with Crippen LogP contribution in [-0.2, 0) is 4.79 Å². The molecule has 2 N–H and O–H groups in total. The third-order valence-electron chi connectivity index (χ3n) is 3.36. The summed E-state index contributed by atoms with van der Waals surface area (Å²) >= 11 is 0. The van der Waals surface area contributed by atoms with E-state index in [1.54, 1.807) is 0 Å². The minimum atomic E-state index is -0.186. The Hall–Kier alpha value is -3.14. The van der Waals surface area contributed by atoms with Gasteiger partial charge in [0.25, 0.3) is 5.91 Å². The second kappa shape index (κ2) is 9.88. The molecule has 4 nitrogen and oxygen atoms in total. The number of rotatable bonds is 7. The Morgan fingerprint density at radius 3 is 2.64 bits per heavy atom. The van der Waals surface area contributed by atoms with Crippen molar-refractivity contribution < 1.29 is 4.79 Å². The van der Waals surface area contributed by atoms with Crippen LogP contribution in [0.3, 0.4) is 0 Å². The highest BCUT2D eigenvalue weighted by atomic mass is 16.2. The summed E-state index contributed by atoms with van der Waals surface area (Å²) in [6, 6.07) is 17.9. The number of carbonyl (C=O) groups is 1. The zero-order valence-electron chi connectivity index (χ0n) is 14.6. The molecule has 2 rings (SSSR count). The lowest BCUT2D eigenvalue weighted by atomic mass is 10.2. The molecule has 1 amide bonds. The number of hydrogen-bond donors (Lipinski definition) is 2. The Morgan fingerprint density at radius 1 is 1.08 bits per heavy atom. The lowest BCUT2D eigenvalue weighted by Crippen LogP contribution is -2.26. The largest absolute Gasteiger partial charge is 0.376 e.